The Morgan fingerprint density at radius 3 is 2.87 bits per heavy atom. The second-order valence-electron chi connectivity index (χ2n) is 8.66. The number of anilines is 1. The molecule has 0 spiro atoms. The Balaban J connectivity index is 1.48. The van der Waals surface area contributed by atoms with Crippen LogP contribution in [0.1, 0.15) is 25.3 Å². The molecule has 2 atom stereocenters. The van der Waals surface area contributed by atoms with E-state index in [4.69, 9.17) is 4.74 Å². The number of alkyl halides is 1. The molecule has 0 saturated carbocycles. The van der Waals surface area contributed by atoms with Crippen molar-refractivity contribution in [3.63, 3.8) is 0 Å². The number of amides is 1. The van der Waals surface area contributed by atoms with E-state index in [2.05, 4.69) is 26.2 Å². The minimum Gasteiger partial charge on any atom is -0.365 e. The van der Waals surface area contributed by atoms with E-state index in [-0.39, 0.29) is 18.6 Å². The average Bonchev–Trinajstić information content (AvgIpc) is 2.78. The first-order valence-corrected chi connectivity index (χ1v) is 10.7. The number of pyridine rings is 1. The summed E-state index contributed by atoms with van der Waals surface area (Å²) in [4.78, 5) is 21.4. The van der Waals surface area contributed by atoms with Crippen LogP contribution in [0.3, 0.4) is 0 Å². The third kappa shape index (κ3) is 4.63. The van der Waals surface area contributed by atoms with Gasteiger partial charge in [-0.05, 0) is 51.1 Å². The molecule has 2 aliphatic heterocycles. The number of nitriles is 1. The highest BCUT2D eigenvalue weighted by molar-refractivity contribution is 5.95. The van der Waals surface area contributed by atoms with Gasteiger partial charge in [-0.25, -0.2) is 4.39 Å². The van der Waals surface area contributed by atoms with Crippen LogP contribution >= 0.6 is 0 Å². The van der Waals surface area contributed by atoms with Crippen molar-refractivity contribution in [1.82, 2.24) is 15.2 Å². The summed E-state index contributed by atoms with van der Waals surface area (Å²) in [5.41, 5.74) is 0.704. The number of carbonyl (C=O) groups excluding carboxylic acids is 1. The van der Waals surface area contributed by atoms with Gasteiger partial charge in [0.05, 0.1) is 30.3 Å². The quantitative estimate of drug-likeness (QED) is 0.809. The van der Waals surface area contributed by atoms with Crippen molar-refractivity contribution in [2.45, 2.75) is 37.6 Å². The summed E-state index contributed by atoms with van der Waals surface area (Å²) in [5.74, 6) is -0.288. The molecule has 1 amide bonds. The molecule has 2 saturated heterocycles. The van der Waals surface area contributed by atoms with Gasteiger partial charge >= 0.3 is 0 Å². The van der Waals surface area contributed by atoms with Crippen LogP contribution in [-0.2, 0) is 9.53 Å². The van der Waals surface area contributed by atoms with Crippen molar-refractivity contribution < 1.29 is 13.9 Å². The maximum absolute atomic E-state index is 15.0. The normalized spacial score (nSPS) is 24.0. The molecule has 0 bridgehead atoms. The molecule has 164 valence electrons. The molecule has 8 heteroatoms. The van der Waals surface area contributed by atoms with E-state index in [1.807, 2.05) is 32.2 Å². The maximum Gasteiger partial charge on any atom is 0.251 e. The van der Waals surface area contributed by atoms with Gasteiger partial charge in [0.25, 0.3) is 5.91 Å². The monoisotopic (exact) mass is 425 g/mol. The van der Waals surface area contributed by atoms with Gasteiger partial charge in [0.2, 0.25) is 0 Å². The minimum absolute atomic E-state index is 0.0115. The Labute approximate surface area is 181 Å². The SMILES string of the molecule is CC1CN(c2ccc(C#N)c3ncccc23)CC(C(=O)NCC2(F)CCN(C)CC2)O1. The van der Waals surface area contributed by atoms with Crippen LogP contribution in [-0.4, -0.2) is 73.4 Å². The first-order valence-electron chi connectivity index (χ1n) is 10.7. The Bertz CT molecular complexity index is 999. The summed E-state index contributed by atoms with van der Waals surface area (Å²) in [6.45, 7) is 4.28. The summed E-state index contributed by atoms with van der Waals surface area (Å²) < 4.78 is 20.9. The summed E-state index contributed by atoms with van der Waals surface area (Å²) in [6, 6.07) is 9.60. The molecule has 2 fully saturated rings. The van der Waals surface area contributed by atoms with E-state index in [9.17, 15) is 10.1 Å². The molecule has 4 rings (SSSR count). The van der Waals surface area contributed by atoms with E-state index in [0.29, 0.717) is 50.1 Å². The molecule has 1 aromatic heterocycles. The third-order valence-corrected chi connectivity index (χ3v) is 6.22. The number of nitrogens with zero attached hydrogens (tertiary/aromatic N) is 4. The van der Waals surface area contributed by atoms with E-state index in [1.54, 1.807) is 12.3 Å². The zero-order valence-corrected chi connectivity index (χ0v) is 18.0. The van der Waals surface area contributed by atoms with Gasteiger partial charge in [-0.1, -0.05) is 0 Å². The van der Waals surface area contributed by atoms with Crippen molar-refractivity contribution >= 4 is 22.5 Å². The predicted molar refractivity (Wildman–Crippen MR) is 117 cm³/mol. The van der Waals surface area contributed by atoms with E-state index in [0.717, 1.165) is 11.1 Å². The summed E-state index contributed by atoms with van der Waals surface area (Å²) in [6.07, 6.45) is 1.64. The van der Waals surface area contributed by atoms with Gasteiger partial charge in [0, 0.05) is 36.9 Å². The fourth-order valence-corrected chi connectivity index (χ4v) is 4.37. The van der Waals surface area contributed by atoms with Crippen LogP contribution in [0.2, 0.25) is 0 Å². The summed E-state index contributed by atoms with van der Waals surface area (Å²) >= 11 is 0. The second kappa shape index (κ2) is 8.77. The Hall–Kier alpha value is -2.76. The zero-order chi connectivity index (χ0) is 22.0. The number of benzene rings is 1. The number of aromatic nitrogens is 1. The van der Waals surface area contributed by atoms with Gasteiger partial charge in [0.15, 0.2) is 6.10 Å². The average molecular weight is 426 g/mol. The van der Waals surface area contributed by atoms with Gasteiger partial charge in [-0.3, -0.25) is 9.78 Å². The Kier molecular flexibility index (Phi) is 6.08. The molecule has 0 radical (unpaired) electrons. The highest BCUT2D eigenvalue weighted by Gasteiger charge is 2.36. The van der Waals surface area contributed by atoms with Gasteiger partial charge in [-0.2, -0.15) is 5.26 Å². The van der Waals surface area contributed by atoms with Gasteiger partial charge in [0.1, 0.15) is 11.7 Å². The lowest BCUT2D eigenvalue weighted by Crippen LogP contribution is -2.55. The Morgan fingerprint density at radius 2 is 2.13 bits per heavy atom. The van der Waals surface area contributed by atoms with Crippen LogP contribution in [0.5, 0.6) is 0 Å². The molecule has 0 aliphatic carbocycles. The van der Waals surface area contributed by atoms with Crippen molar-refractivity contribution in [2.24, 2.45) is 0 Å². The lowest BCUT2D eigenvalue weighted by Gasteiger charge is -2.39. The number of halogens is 1. The largest absolute Gasteiger partial charge is 0.365 e. The molecule has 1 aromatic carbocycles. The standard InChI is InChI=1S/C23H28FN5O2/c1-16-13-29(19-6-5-17(12-25)21-18(19)4-3-9-26-21)14-20(31-16)22(30)27-15-23(24)7-10-28(2)11-8-23/h3-6,9,16,20H,7-8,10-11,13-15H2,1-2H3,(H,27,30). The molecular weight excluding hydrogens is 397 g/mol. The topological polar surface area (TPSA) is 81.5 Å². The lowest BCUT2D eigenvalue weighted by molar-refractivity contribution is -0.138. The Morgan fingerprint density at radius 1 is 1.35 bits per heavy atom. The summed E-state index contributed by atoms with van der Waals surface area (Å²) in [5, 5.41) is 13.0. The smallest absolute Gasteiger partial charge is 0.251 e. The van der Waals surface area contributed by atoms with Gasteiger partial charge < -0.3 is 19.9 Å². The van der Waals surface area contributed by atoms with Crippen LogP contribution in [0.25, 0.3) is 10.9 Å². The first-order chi connectivity index (χ1) is 14.9. The summed E-state index contributed by atoms with van der Waals surface area (Å²) in [7, 11) is 1.98. The number of hydrogen-bond acceptors (Lipinski definition) is 6. The highest BCUT2D eigenvalue weighted by atomic mass is 19.1. The number of ether oxygens (including phenoxy) is 1. The van der Waals surface area contributed by atoms with Crippen LogP contribution in [0.15, 0.2) is 30.5 Å². The molecule has 2 unspecified atom stereocenters. The fraction of sp³-hybridized carbons (Fsp3) is 0.522. The molecule has 7 nitrogen and oxygen atoms in total. The van der Waals surface area contributed by atoms with Crippen molar-refractivity contribution in [1.29, 1.82) is 5.26 Å². The molecular formula is C23H28FN5O2. The van der Waals surface area contributed by atoms with Gasteiger partial charge in [-0.15, -0.1) is 0 Å². The lowest BCUT2D eigenvalue weighted by atomic mass is 9.93. The number of nitrogens with one attached hydrogen (secondary N) is 1. The molecule has 3 heterocycles. The van der Waals surface area contributed by atoms with Crippen LogP contribution in [0.4, 0.5) is 10.1 Å². The van der Waals surface area contributed by atoms with Crippen molar-refractivity contribution in [3.05, 3.63) is 36.0 Å². The number of fused-ring (bicyclic) bond motifs is 1. The number of morpholine rings is 1. The first kappa shape index (κ1) is 21.5. The number of rotatable bonds is 4. The fourth-order valence-electron chi connectivity index (χ4n) is 4.37. The molecule has 2 aliphatic rings. The third-order valence-electron chi connectivity index (χ3n) is 6.22. The maximum atomic E-state index is 15.0. The molecule has 1 N–H and O–H groups in total. The van der Waals surface area contributed by atoms with Crippen molar-refractivity contribution in [2.75, 3.05) is 44.7 Å². The minimum atomic E-state index is -1.36. The van der Waals surface area contributed by atoms with Crippen molar-refractivity contribution in [3.8, 4) is 6.07 Å². The van der Waals surface area contributed by atoms with Crippen LogP contribution in [0, 0.1) is 11.3 Å². The number of piperidine rings is 1. The zero-order valence-electron chi connectivity index (χ0n) is 18.0. The van der Waals surface area contributed by atoms with Crippen LogP contribution < -0.4 is 10.2 Å². The number of likely N-dealkylation sites (tertiary alicyclic amines) is 1. The molecule has 31 heavy (non-hydrogen) atoms. The highest BCUT2D eigenvalue weighted by Crippen LogP contribution is 2.30. The van der Waals surface area contributed by atoms with E-state index < -0.39 is 11.8 Å². The molecule has 2 aromatic rings. The number of hydrogen-bond donors (Lipinski definition) is 1. The number of carbonyl (C=O) groups is 1. The van der Waals surface area contributed by atoms with E-state index >= 15 is 4.39 Å². The second-order valence-corrected chi connectivity index (χ2v) is 8.66. The van der Waals surface area contributed by atoms with E-state index in [1.165, 1.54) is 0 Å². The predicted octanol–water partition coefficient (Wildman–Crippen LogP) is 2.25.